The average Bonchev–Trinajstić information content (AvgIpc) is 2.95. The van der Waals surface area contributed by atoms with Crippen molar-refractivity contribution in [1.82, 2.24) is 5.32 Å². The molecule has 0 radical (unpaired) electrons. The lowest BCUT2D eigenvalue weighted by molar-refractivity contribution is -0.155. The Bertz CT molecular complexity index is 649. The number of carboxylic acid groups (broad SMARTS) is 1. The second-order valence-electron chi connectivity index (χ2n) is 4.79. The maximum Gasteiger partial charge on any atom is 0.337 e. The molecular weight excluding hydrogens is 290 g/mol. The van der Waals surface area contributed by atoms with Gasteiger partial charge in [0.05, 0.1) is 11.4 Å². The van der Waals surface area contributed by atoms with E-state index in [2.05, 4.69) is 5.32 Å². The van der Waals surface area contributed by atoms with Gasteiger partial charge in [-0.05, 0) is 23.9 Å². The Kier molecular flexibility index (Phi) is 4.40. The Morgan fingerprint density at radius 3 is 2.52 bits per heavy atom. The smallest absolute Gasteiger partial charge is 0.337 e. The van der Waals surface area contributed by atoms with Crippen molar-refractivity contribution in [2.45, 2.75) is 12.5 Å². The summed E-state index contributed by atoms with van der Waals surface area (Å²) in [5.41, 5.74) is -0.290. The van der Waals surface area contributed by atoms with Crippen molar-refractivity contribution in [2.24, 2.45) is 0 Å². The minimum atomic E-state index is -1.99. The van der Waals surface area contributed by atoms with E-state index < -0.39 is 17.5 Å². The molecule has 1 unspecified atom stereocenters. The normalized spacial score (nSPS) is 13.4. The number of carboxylic acids is 1. The summed E-state index contributed by atoms with van der Waals surface area (Å²) in [7, 11) is 0. The lowest BCUT2D eigenvalue weighted by Gasteiger charge is -2.18. The molecule has 0 spiro atoms. The van der Waals surface area contributed by atoms with Crippen LogP contribution in [0.4, 0.5) is 0 Å². The number of carbonyl (C=O) groups excluding carboxylic acids is 1. The molecule has 0 saturated heterocycles. The first-order chi connectivity index (χ1) is 9.92. The minimum Gasteiger partial charge on any atom is -0.479 e. The number of nitrogens with one attached hydrogen (secondary N) is 1. The van der Waals surface area contributed by atoms with Crippen LogP contribution in [0.25, 0.3) is 11.1 Å². The van der Waals surface area contributed by atoms with E-state index in [4.69, 9.17) is 5.11 Å². The fourth-order valence-electron chi connectivity index (χ4n) is 1.74. The van der Waals surface area contributed by atoms with Crippen LogP contribution in [-0.4, -0.2) is 34.2 Å². The summed E-state index contributed by atoms with van der Waals surface area (Å²) in [6, 6.07) is 11.3. The summed E-state index contributed by atoms with van der Waals surface area (Å²) < 4.78 is 0. The van der Waals surface area contributed by atoms with E-state index in [9.17, 15) is 14.7 Å². The highest BCUT2D eigenvalue weighted by molar-refractivity contribution is 7.12. The Hall–Kier alpha value is -2.18. The first-order valence-corrected chi connectivity index (χ1v) is 7.16. The van der Waals surface area contributed by atoms with Gasteiger partial charge < -0.3 is 15.5 Å². The summed E-state index contributed by atoms with van der Waals surface area (Å²) in [5, 5.41) is 22.7. The zero-order valence-corrected chi connectivity index (χ0v) is 12.2. The predicted molar refractivity (Wildman–Crippen MR) is 80.3 cm³/mol. The van der Waals surface area contributed by atoms with Crippen molar-refractivity contribution in [1.29, 1.82) is 0 Å². The topological polar surface area (TPSA) is 86.6 Å². The first kappa shape index (κ1) is 15.2. The molecule has 0 saturated carbocycles. The molecule has 0 aliphatic heterocycles. The fourth-order valence-corrected chi connectivity index (χ4v) is 2.57. The van der Waals surface area contributed by atoms with Gasteiger partial charge in [-0.3, -0.25) is 4.79 Å². The molecule has 1 amide bonds. The zero-order valence-electron chi connectivity index (χ0n) is 11.4. The molecule has 5 nitrogen and oxygen atoms in total. The summed E-state index contributed by atoms with van der Waals surface area (Å²) in [5.74, 6) is -1.78. The van der Waals surface area contributed by atoms with E-state index in [1.165, 1.54) is 11.3 Å². The molecule has 0 aliphatic carbocycles. The van der Waals surface area contributed by atoms with Crippen LogP contribution in [0.5, 0.6) is 0 Å². The van der Waals surface area contributed by atoms with Crippen molar-refractivity contribution in [3.8, 4) is 11.1 Å². The van der Waals surface area contributed by atoms with Gasteiger partial charge in [-0.25, -0.2) is 4.79 Å². The lowest BCUT2D eigenvalue weighted by Crippen LogP contribution is -2.46. The van der Waals surface area contributed by atoms with Crippen molar-refractivity contribution in [3.05, 3.63) is 46.7 Å². The monoisotopic (exact) mass is 305 g/mol. The second-order valence-corrected chi connectivity index (χ2v) is 5.71. The van der Waals surface area contributed by atoms with Crippen molar-refractivity contribution in [3.63, 3.8) is 0 Å². The summed E-state index contributed by atoms with van der Waals surface area (Å²) >= 11 is 1.27. The van der Waals surface area contributed by atoms with Crippen LogP contribution in [0.1, 0.15) is 16.6 Å². The van der Waals surface area contributed by atoms with Gasteiger partial charge in [-0.2, -0.15) is 0 Å². The maximum atomic E-state index is 12.2. The third-order valence-corrected chi connectivity index (χ3v) is 3.92. The molecule has 21 heavy (non-hydrogen) atoms. The minimum absolute atomic E-state index is 0.354. The van der Waals surface area contributed by atoms with Crippen molar-refractivity contribution in [2.75, 3.05) is 6.54 Å². The first-order valence-electron chi connectivity index (χ1n) is 6.29. The van der Waals surface area contributed by atoms with E-state index in [0.29, 0.717) is 4.88 Å². The van der Waals surface area contributed by atoms with Gasteiger partial charge in [0, 0.05) is 5.56 Å². The van der Waals surface area contributed by atoms with Crippen LogP contribution in [-0.2, 0) is 4.79 Å². The van der Waals surface area contributed by atoms with Gasteiger partial charge >= 0.3 is 5.97 Å². The van der Waals surface area contributed by atoms with E-state index >= 15 is 0 Å². The van der Waals surface area contributed by atoms with Crippen LogP contribution in [0.15, 0.2) is 41.8 Å². The average molecular weight is 305 g/mol. The SMILES string of the molecule is CC(O)(CNC(=O)c1sccc1-c1ccccc1)C(=O)O. The van der Waals surface area contributed by atoms with Gasteiger partial charge in [-0.1, -0.05) is 30.3 Å². The van der Waals surface area contributed by atoms with Crippen LogP contribution in [0, 0.1) is 0 Å². The number of aliphatic carboxylic acids is 1. The Balaban J connectivity index is 2.15. The molecule has 6 heteroatoms. The summed E-state index contributed by atoms with van der Waals surface area (Å²) in [6.07, 6.45) is 0. The van der Waals surface area contributed by atoms with Gasteiger partial charge in [0.1, 0.15) is 0 Å². The highest BCUT2D eigenvalue weighted by Crippen LogP contribution is 2.28. The summed E-state index contributed by atoms with van der Waals surface area (Å²) in [4.78, 5) is 23.5. The van der Waals surface area contributed by atoms with Gasteiger partial charge in [-0.15, -0.1) is 11.3 Å². The Morgan fingerprint density at radius 1 is 1.24 bits per heavy atom. The molecule has 2 aromatic rings. The van der Waals surface area contributed by atoms with Crippen LogP contribution >= 0.6 is 11.3 Å². The molecule has 1 heterocycles. The molecule has 0 fully saturated rings. The highest BCUT2D eigenvalue weighted by atomic mass is 32.1. The largest absolute Gasteiger partial charge is 0.479 e. The number of rotatable bonds is 5. The second kappa shape index (κ2) is 6.07. The Labute approximate surface area is 125 Å². The number of carbonyl (C=O) groups is 2. The van der Waals surface area contributed by atoms with Gasteiger partial charge in [0.2, 0.25) is 0 Å². The van der Waals surface area contributed by atoms with E-state index in [1.807, 2.05) is 36.4 Å². The van der Waals surface area contributed by atoms with Crippen molar-refractivity contribution >= 4 is 23.2 Å². The standard InChI is InChI=1S/C15H15NO4S/c1-15(20,14(18)19)9-16-13(17)12-11(7-8-21-12)10-5-3-2-4-6-10/h2-8,20H,9H2,1H3,(H,16,17)(H,18,19). The molecule has 2 rings (SSSR count). The van der Waals surface area contributed by atoms with Crippen LogP contribution in [0.3, 0.4) is 0 Å². The number of amides is 1. The number of aliphatic hydroxyl groups is 1. The van der Waals surface area contributed by atoms with E-state index in [1.54, 1.807) is 5.38 Å². The zero-order chi connectivity index (χ0) is 15.5. The molecular formula is C15H15NO4S. The van der Waals surface area contributed by atoms with Crippen LogP contribution < -0.4 is 5.32 Å². The highest BCUT2D eigenvalue weighted by Gasteiger charge is 2.30. The molecule has 1 atom stereocenters. The molecule has 0 bridgehead atoms. The maximum absolute atomic E-state index is 12.2. The quantitative estimate of drug-likeness (QED) is 0.788. The molecule has 1 aromatic carbocycles. The fraction of sp³-hybridized carbons (Fsp3) is 0.200. The van der Waals surface area contributed by atoms with E-state index in [0.717, 1.165) is 18.1 Å². The molecule has 1 aromatic heterocycles. The molecule has 3 N–H and O–H groups in total. The van der Waals surface area contributed by atoms with E-state index in [-0.39, 0.29) is 6.54 Å². The van der Waals surface area contributed by atoms with Gasteiger partial charge in [0.15, 0.2) is 5.60 Å². The number of hydrogen-bond acceptors (Lipinski definition) is 4. The third-order valence-electron chi connectivity index (χ3n) is 3.01. The number of thiophene rings is 1. The number of benzene rings is 1. The number of hydrogen-bond donors (Lipinski definition) is 3. The van der Waals surface area contributed by atoms with Crippen molar-refractivity contribution < 1.29 is 19.8 Å². The molecule has 110 valence electrons. The Morgan fingerprint density at radius 2 is 1.90 bits per heavy atom. The van der Waals surface area contributed by atoms with Crippen LogP contribution in [0.2, 0.25) is 0 Å². The molecule has 0 aliphatic rings. The summed E-state index contributed by atoms with van der Waals surface area (Å²) in [6.45, 7) is 0.787. The van der Waals surface area contributed by atoms with Gasteiger partial charge in [0.25, 0.3) is 5.91 Å². The predicted octanol–water partition coefficient (Wildman–Crippen LogP) is 1.98. The lowest BCUT2D eigenvalue weighted by atomic mass is 10.1. The third kappa shape index (κ3) is 3.48.